The minimum atomic E-state index is -0.222. The van der Waals surface area contributed by atoms with Crippen molar-refractivity contribution in [3.63, 3.8) is 0 Å². The van der Waals surface area contributed by atoms with E-state index < -0.39 is 0 Å². The van der Waals surface area contributed by atoms with E-state index in [1.165, 1.54) is 45.2 Å². The van der Waals surface area contributed by atoms with Crippen LogP contribution in [0.1, 0.15) is 32.1 Å². The molecule has 2 aliphatic heterocycles. The molecule has 0 amide bonds. The van der Waals surface area contributed by atoms with E-state index in [0.29, 0.717) is 6.54 Å². The number of piperidine rings is 1. The van der Waals surface area contributed by atoms with Gasteiger partial charge in [0, 0.05) is 26.2 Å². The summed E-state index contributed by atoms with van der Waals surface area (Å²) < 4.78 is 0. The van der Waals surface area contributed by atoms with Crippen LogP contribution >= 0.6 is 0 Å². The Balaban J connectivity index is 1.57. The fourth-order valence-corrected chi connectivity index (χ4v) is 2.61. The molecule has 2 N–H and O–H groups in total. The van der Waals surface area contributed by atoms with E-state index in [1.807, 2.05) is 0 Å². The van der Waals surface area contributed by atoms with Crippen LogP contribution in [0, 0.1) is 0 Å². The van der Waals surface area contributed by atoms with Crippen molar-refractivity contribution in [1.29, 1.82) is 0 Å². The van der Waals surface area contributed by atoms with Crippen molar-refractivity contribution in [2.45, 2.75) is 38.2 Å². The molecule has 16 heavy (non-hydrogen) atoms. The quantitative estimate of drug-likeness (QED) is 0.714. The molecular weight excluding hydrogens is 202 g/mol. The average Bonchev–Trinajstić information content (AvgIpc) is 2.81. The predicted molar refractivity (Wildman–Crippen MR) is 65.1 cm³/mol. The third kappa shape index (κ3) is 4.01. The van der Waals surface area contributed by atoms with Gasteiger partial charge in [0.15, 0.2) is 0 Å². The number of nitrogens with one attached hydrogen (secondary N) is 1. The molecule has 2 rings (SSSR count). The monoisotopic (exact) mass is 227 g/mol. The number of aliphatic hydroxyl groups excluding tert-OH is 1. The summed E-state index contributed by atoms with van der Waals surface area (Å²) in [5.74, 6) is 0. The lowest BCUT2D eigenvalue weighted by atomic mass is 10.2. The van der Waals surface area contributed by atoms with Gasteiger partial charge in [-0.15, -0.1) is 0 Å². The molecule has 0 aromatic carbocycles. The number of nitrogens with zero attached hydrogens (tertiary/aromatic N) is 2. The van der Waals surface area contributed by atoms with Gasteiger partial charge in [-0.3, -0.25) is 5.43 Å². The number of β-amino-alcohol motifs (C(OH)–C–C–N with tert-alkyl or cyclic N) is 1. The molecule has 4 heteroatoms. The first-order chi connectivity index (χ1) is 7.84. The summed E-state index contributed by atoms with van der Waals surface area (Å²) >= 11 is 0. The number of hydrogen-bond donors (Lipinski definition) is 2. The second kappa shape index (κ2) is 6.55. The van der Waals surface area contributed by atoms with E-state index in [2.05, 4.69) is 15.3 Å². The Morgan fingerprint density at radius 2 is 1.56 bits per heavy atom. The first-order valence-corrected chi connectivity index (χ1v) is 6.73. The van der Waals surface area contributed by atoms with Gasteiger partial charge in [0.25, 0.3) is 0 Å². The SMILES string of the molecule is OC(CNN1CCCCC1)CN1CCCC1. The number of aliphatic hydroxyl groups is 1. The number of rotatable bonds is 5. The summed E-state index contributed by atoms with van der Waals surface area (Å²) in [6.07, 6.45) is 6.30. The molecule has 1 atom stereocenters. The molecule has 0 aromatic heterocycles. The molecule has 0 radical (unpaired) electrons. The van der Waals surface area contributed by atoms with Crippen LogP contribution < -0.4 is 5.43 Å². The van der Waals surface area contributed by atoms with Gasteiger partial charge >= 0.3 is 0 Å². The number of hydrogen-bond acceptors (Lipinski definition) is 4. The Hall–Kier alpha value is -0.160. The second-order valence-electron chi connectivity index (χ2n) is 5.07. The predicted octanol–water partition coefficient (Wildman–Crippen LogP) is 0.434. The Labute approximate surface area is 98.6 Å². The third-order valence-electron chi connectivity index (χ3n) is 3.57. The lowest BCUT2D eigenvalue weighted by molar-refractivity contribution is 0.0787. The molecule has 0 saturated carbocycles. The topological polar surface area (TPSA) is 38.7 Å². The summed E-state index contributed by atoms with van der Waals surface area (Å²) in [7, 11) is 0. The smallest absolute Gasteiger partial charge is 0.0805 e. The minimum Gasteiger partial charge on any atom is -0.390 e. The molecule has 0 aromatic rings. The van der Waals surface area contributed by atoms with Gasteiger partial charge in [-0.1, -0.05) is 6.42 Å². The maximum absolute atomic E-state index is 9.91. The molecule has 2 saturated heterocycles. The zero-order valence-corrected chi connectivity index (χ0v) is 10.2. The standard InChI is InChI=1S/C12H25N3O/c16-12(11-14-6-4-5-7-14)10-13-15-8-2-1-3-9-15/h12-13,16H,1-11H2. The highest BCUT2D eigenvalue weighted by molar-refractivity contribution is 4.71. The van der Waals surface area contributed by atoms with Crippen LogP contribution in [0.5, 0.6) is 0 Å². The molecule has 94 valence electrons. The molecular formula is C12H25N3O. The molecule has 2 heterocycles. The van der Waals surface area contributed by atoms with Crippen molar-refractivity contribution in [1.82, 2.24) is 15.3 Å². The highest BCUT2D eigenvalue weighted by Crippen LogP contribution is 2.08. The summed E-state index contributed by atoms with van der Waals surface area (Å²) in [6.45, 7) is 6.14. The third-order valence-corrected chi connectivity index (χ3v) is 3.57. The lowest BCUT2D eigenvalue weighted by Crippen LogP contribution is -2.47. The van der Waals surface area contributed by atoms with E-state index in [9.17, 15) is 5.11 Å². The first kappa shape index (κ1) is 12.3. The van der Waals surface area contributed by atoms with Crippen LogP contribution in [0.4, 0.5) is 0 Å². The van der Waals surface area contributed by atoms with Crippen molar-refractivity contribution in [3.05, 3.63) is 0 Å². The normalized spacial score (nSPS) is 26.1. The largest absolute Gasteiger partial charge is 0.390 e. The van der Waals surface area contributed by atoms with Crippen LogP contribution in [0.3, 0.4) is 0 Å². The fourth-order valence-electron chi connectivity index (χ4n) is 2.61. The maximum Gasteiger partial charge on any atom is 0.0805 e. The van der Waals surface area contributed by atoms with Crippen LogP contribution in [-0.2, 0) is 0 Å². The summed E-state index contributed by atoms with van der Waals surface area (Å²) in [5.41, 5.74) is 3.35. The van der Waals surface area contributed by atoms with Gasteiger partial charge in [0.05, 0.1) is 6.10 Å². The van der Waals surface area contributed by atoms with Crippen molar-refractivity contribution in [2.24, 2.45) is 0 Å². The second-order valence-corrected chi connectivity index (χ2v) is 5.07. The van der Waals surface area contributed by atoms with Crippen LogP contribution in [-0.4, -0.2) is 60.4 Å². The molecule has 2 fully saturated rings. The van der Waals surface area contributed by atoms with Crippen molar-refractivity contribution >= 4 is 0 Å². The Bertz CT molecular complexity index is 189. The van der Waals surface area contributed by atoms with Gasteiger partial charge in [0.1, 0.15) is 0 Å². The Morgan fingerprint density at radius 1 is 0.938 bits per heavy atom. The number of hydrazine groups is 1. The Morgan fingerprint density at radius 3 is 2.25 bits per heavy atom. The van der Waals surface area contributed by atoms with Gasteiger partial charge in [-0.2, -0.15) is 0 Å². The van der Waals surface area contributed by atoms with Gasteiger partial charge in [-0.25, -0.2) is 5.01 Å². The summed E-state index contributed by atoms with van der Waals surface area (Å²) in [6, 6.07) is 0. The number of likely N-dealkylation sites (tertiary alicyclic amines) is 1. The Kier molecular flexibility index (Phi) is 5.03. The van der Waals surface area contributed by atoms with Crippen LogP contribution in [0.2, 0.25) is 0 Å². The van der Waals surface area contributed by atoms with Crippen molar-refractivity contribution < 1.29 is 5.11 Å². The van der Waals surface area contributed by atoms with E-state index in [-0.39, 0.29) is 6.10 Å². The summed E-state index contributed by atoms with van der Waals surface area (Å²) in [4.78, 5) is 2.36. The minimum absolute atomic E-state index is 0.222. The lowest BCUT2D eigenvalue weighted by Gasteiger charge is -2.29. The zero-order chi connectivity index (χ0) is 11.2. The maximum atomic E-state index is 9.91. The molecule has 4 nitrogen and oxygen atoms in total. The zero-order valence-electron chi connectivity index (χ0n) is 10.2. The van der Waals surface area contributed by atoms with Gasteiger partial charge in [-0.05, 0) is 38.8 Å². The highest BCUT2D eigenvalue weighted by atomic mass is 16.3. The van der Waals surface area contributed by atoms with Crippen LogP contribution in [0.25, 0.3) is 0 Å². The van der Waals surface area contributed by atoms with E-state index in [1.54, 1.807) is 0 Å². The van der Waals surface area contributed by atoms with E-state index >= 15 is 0 Å². The van der Waals surface area contributed by atoms with Crippen molar-refractivity contribution in [2.75, 3.05) is 39.3 Å². The van der Waals surface area contributed by atoms with Crippen molar-refractivity contribution in [3.8, 4) is 0 Å². The summed E-state index contributed by atoms with van der Waals surface area (Å²) in [5, 5.41) is 12.2. The van der Waals surface area contributed by atoms with E-state index in [0.717, 1.165) is 19.6 Å². The molecule has 0 spiro atoms. The van der Waals surface area contributed by atoms with E-state index in [4.69, 9.17) is 0 Å². The van der Waals surface area contributed by atoms with Gasteiger partial charge < -0.3 is 10.0 Å². The highest BCUT2D eigenvalue weighted by Gasteiger charge is 2.16. The average molecular weight is 227 g/mol. The molecule has 2 aliphatic rings. The first-order valence-electron chi connectivity index (χ1n) is 6.73. The molecule has 1 unspecified atom stereocenters. The fraction of sp³-hybridized carbons (Fsp3) is 1.00. The molecule has 0 bridgehead atoms. The van der Waals surface area contributed by atoms with Gasteiger partial charge in [0.2, 0.25) is 0 Å². The van der Waals surface area contributed by atoms with Crippen LogP contribution in [0.15, 0.2) is 0 Å². The molecule has 0 aliphatic carbocycles.